The number of carbonyl (C=O) groups excluding carboxylic acids is 1. The van der Waals surface area contributed by atoms with Crippen LogP contribution in [0.15, 0.2) is 22.7 Å². The van der Waals surface area contributed by atoms with Crippen molar-refractivity contribution in [2.75, 3.05) is 6.61 Å². The third kappa shape index (κ3) is 5.51. The van der Waals surface area contributed by atoms with Gasteiger partial charge in [0.25, 0.3) is 5.91 Å². The van der Waals surface area contributed by atoms with Crippen LogP contribution in [0.25, 0.3) is 0 Å². The number of carbonyl (C=O) groups is 1. The van der Waals surface area contributed by atoms with E-state index >= 15 is 0 Å². The summed E-state index contributed by atoms with van der Waals surface area (Å²) in [6, 6.07) is 5.50. The van der Waals surface area contributed by atoms with Crippen molar-refractivity contribution in [2.24, 2.45) is 0 Å². The minimum Gasteiger partial charge on any atom is -0.483 e. The van der Waals surface area contributed by atoms with Crippen LogP contribution in [0.2, 0.25) is 0 Å². The van der Waals surface area contributed by atoms with E-state index in [0.717, 1.165) is 17.3 Å². The Morgan fingerprint density at radius 3 is 2.75 bits per heavy atom. The summed E-state index contributed by atoms with van der Waals surface area (Å²) in [6.07, 6.45) is 1.33. The van der Waals surface area contributed by atoms with E-state index in [4.69, 9.17) is 4.74 Å². The molecule has 0 bridgehead atoms. The molecule has 2 N–H and O–H groups in total. The first-order valence-electron chi connectivity index (χ1n) is 6.83. The molecule has 0 aliphatic rings. The molecule has 0 aliphatic carbocycles. The van der Waals surface area contributed by atoms with Crippen LogP contribution in [0, 0.1) is 0 Å². The van der Waals surface area contributed by atoms with E-state index in [1.165, 1.54) is 0 Å². The minimum absolute atomic E-state index is 0.0462. The molecular formula is C15H22BrNO3. The van der Waals surface area contributed by atoms with E-state index in [2.05, 4.69) is 28.2 Å². The molecule has 0 radical (unpaired) electrons. The fourth-order valence-corrected chi connectivity index (χ4v) is 2.32. The number of halogens is 1. The molecule has 1 aromatic carbocycles. The first-order chi connectivity index (χ1) is 9.43. The summed E-state index contributed by atoms with van der Waals surface area (Å²) in [6.45, 7) is 5.67. The topological polar surface area (TPSA) is 58.6 Å². The van der Waals surface area contributed by atoms with Gasteiger partial charge in [-0.15, -0.1) is 0 Å². The van der Waals surface area contributed by atoms with Gasteiger partial charge in [0.2, 0.25) is 0 Å². The van der Waals surface area contributed by atoms with Crippen molar-refractivity contribution in [1.29, 1.82) is 0 Å². The van der Waals surface area contributed by atoms with Crippen molar-refractivity contribution in [3.63, 3.8) is 0 Å². The molecule has 4 nitrogen and oxygen atoms in total. The number of rotatable bonds is 7. The van der Waals surface area contributed by atoms with Crippen molar-refractivity contribution in [1.82, 2.24) is 5.32 Å². The Labute approximate surface area is 128 Å². The molecule has 0 heterocycles. The normalized spacial score (nSPS) is 13.7. The lowest BCUT2D eigenvalue weighted by molar-refractivity contribution is -0.123. The number of nitrogens with one attached hydrogen (secondary N) is 1. The Kier molecular flexibility index (Phi) is 7.02. The zero-order chi connectivity index (χ0) is 15.1. The zero-order valence-electron chi connectivity index (χ0n) is 12.1. The van der Waals surface area contributed by atoms with Crippen molar-refractivity contribution < 1.29 is 14.6 Å². The van der Waals surface area contributed by atoms with Gasteiger partial charge in [-0.3, -0.25) is 4.79 Å². The van der Waals surface area contributed by atoms with E-state index in [9.17, 15) is 9.90 Å². The summed E-state index contributed by atoms with van der Waals surface area (Å²) in [5.41, 5.74) is 0.661. The highest BCUT2D eigenvalue weighted by atomic mass is 79.9. The van der Waals surface area contributed by atoms with Crippen molar-refractivity contribution >= 4 is 21.8 Å². The summed E-state index contributed by atoms with van der Waals surface area (Å²) in [5, 5.41) is 12.6. The maximum Gasteiger partial charge on any atom is 0.258 e. The van der Waals surface area contributed by atoms with Gasteiger partial charge in [-0.2, -0.15) is 0 Å². The van der Waals surface area contributed by atoms with Gasteiger partial charge in [0.1, 0.15) is 5.75 Å². The van der Waals surface area contributed by atoms with Gasteiger partial charge in [0.05, 0.1) is 6.10 Å². The maximum atomic E-state index is 11.7. The number of hydrogen-bond donors (Lipinski definition) is 2. The molecule has 0 aliphatic heterocycles. The quantitative estimate of drug-likeness (QED) is 0.799. The molecule has 2 atom stereocenters. The molecule has 0 aromatic heterocycles. The Morgan fingerprint density at radius 2 is 2.15 bits per heavy atom. The Hall–Kier alpha value is -1.07. The molecule has 112 valence electrons. The molecule has 0 saturated carbocycles. The first kappa shape index (κ1) is 17.0. The van der Waals surface area contributed by atoms with Gasteiger partial charge < -0.3 is 15.2 Å². The van der Waals surface area contributed by atoms with Crippen LogP contribution in [0.4, 0.5) is 0 Å². The Balaban J connectivity index is 2.59. The fraction of sp³-hybridized carbons (Fsp3) is 0.533. The smallest absolute Gasteiger partial charge is 0.258 e. The molecular weight excluding hydrogens is 322 g/mol. The molecule has 1 rings (SSSR count). The highest BCUT2D eigenvalue weighted by molar-refractivity contribution is 9.10. The zero-order valence-corrected chi connectivity index (χ0v) is 13.7. The summed E-state index contributed by atoms with van der Waals surface area (Å²) in [7, 11) is 0. The number of hydrogen-bond acceptors (Lipinski definition) is 3. The van der Waals surface area contributed by atoms with Gasteiger partial charge in [-0.05, 0) is 38.5 Å². The van der Waals surface area contributed by atoms with Crippen LogP contribution < -0.4 is 10.1 Å². The first-order valence-corrected chi connectivity index (χ1v) is 7.63. The summed E-state index contributed by atoms with van der Waals surface area (Å²) in [5.74, 6) is 0.381. The van der Waals surface area contributed by atoms with Crippen LogP contribution >= 0.6 is 15.9 Å². The van der Waals surface area contributed by atoms with E-state index < -0.39 is 6.10 Å². The summed E-state index contributed by atoms with van der Waals surface area (Å²) >= 11 is 3.35. The highest BCUT2D eigenvalue weighted by Gasteiger charge is 2.12. The van der Waals surface area contributed by atoms with E-state index in [1.54, 1.807) is 19.1 Å². The summed E-state index contributed by atoms with van der Waals surface area (Å²) in [4.78, 5) is 11.7. The van der Waals surface area contributed by atoms with Crippen LogP contribution in [0.3, 0.4) is 0 Å². The molecule has 5 heteroatoms. The molecule has 1 amide bonds. The molecule has 1 unspecified atom stereocenters. The van der Waals surface area contributed by atoms with Crippen molar-refractivity contribution in [2.45, 2.75) is 45.8 Å². The standard InChI is InChI=1S/C15H22BrNO3/c1-4-5-10(2)17-15(19)9-20-14-7-6-12(16)8-13(14)11(3)18/h6-8,10-11,18H,4-5,9H2,1-3H3,(H,17,19)/t10?,11-/m0/s1. The lowest BCUT2D eigenvalue weighted by Gasteiger charge is -2.16. The van der Waals surface area contributed by atoms with Gasteiger partial charge in [-0.1, -0.05) is 29.3 Å². The SMILES string of the molecule is CCCC(C)NC(=O)COc1ccc(Br)cc1[C@H](C)O. The maximum absolute atomic E-state index is 11.7. The van der Waals surface area contributed by atoms with E-state index in [1.807, 2.05) is 13.0 Å². The van der Waals surface area contributed by atoms with E-state index in [0.29, 0.717) is 11.3 Å². The lowest BCUT2D eigenvalue weighted by Crippen LogP contribution is -2.36. The van der Waals surface area contributed by atoms with Crippen molar-refractivity contribution in [3.05, 3.63) is 28.2 Å². The highest BCUT2D eigenvalue weighted by Crippen LogP contribution is 2.28. The number of aliphatic hydroxyl groups excluding tert-OH is 1. The number of amides is 1. The molecule has 0 fully saturated rings. The summed E-state index contributed by atoms with van der Waals surface area (Å²) < 4.78 is 6.36. The van der Waals surface area contributed by atoms with Crippen LogP contribution in [0.1, 0.15) is 45.3 Å². The monoisotopic (exact) mass is 343 g/mol. The third-order valence-electron chi connectivity index (χ3n) is 2.91. The average Bonchev–Trinajstić information content (AvgIpc) is 2.37. The fourth-order valence-electron chi connectivity index (χ4n) is 1.94. The van der Waals surface area contributed by atoms with Crippen molar-refractivity contribution in [3.8, 4) is 5.75 Å². The average molecular weight is 344 g/mol. The number of benzene rings is 1. The van der Waals surface area contributed by atoms with Crippen LogP contribution in [-0.2, 0) is 4.79 Å². The second-order valence-electron chi connectivity index (χ2n) is 4.90. The predicted octanol–water partition coefficient (Wildman–Crippen LogP) is 3.19. The molecule has 0 spiro atoms. The molecule has 1 aromatic rings. The van der Waals surface area contributed by atoms with Gasteiger partial charge in [-0.25, -0.2) is 0 Å². The Morgan fingerprint density at radius 1 is 1.45 bits per heavy atom. The predicted molar refractivity (Wildman–Crippen MR) is 82.8 cm³/mol. The second-order valence-corrected chi connectivity index (χ2v) is 5.82. The Bertz CT molecular complexity index is 449. The van der Waals surface area contributed by atoms with E-state index in [-0.39, 0.29) is 18.6 Å². The van der Waals surface area contributed by atoms with Gasteiger partial charge >= 0.3 is 0 Å². The van der Waals surface area contributed by atoms with Gasteiger partial charge in [0.15, 0.2) is 6.61 Å². The number of aliphatic hydroxyl groups is 1. The second kappa shape index (κ2) is 8.27. The van der Waals surface area contributed by atoms with Crippen LogP contribution in [0.5, 0.6) is 5.75 Å². The lowest BCUT2D eigenvalue weighted by atomic mass is 10.1. The molecule has 0 saturated heterocycles. The number of ether oxygens (including phenoxy) is 1. The minimum atomic E-state index is -0.649. The molecule has 20 heavy (non-hydrogen) atoms. The largest absolute Gasteiger partial charge is 0.483 e. The third-order valence-corrected chi connectivity index (χ3v) is 3.40. The van der Waals surface area contributed by atoms with Gasteiger partial charge in [0, 0.05) is 16.1 Å². The van der Waals surface area contributed by atoms with Crippen LogP contribution in [-0.4, -0.2) is 23.7 Å².